The highest BCUT2D eigenvalue weighted by atomic mass is 19.4. The number of hydrogen-bond donors (Lipinski definition) is 2. The first-order chi connectivity index (χ1) is 11.2. The fourth-order valence-corrected chi connectivity index (χ4v) is 2.24. The van der Waals surface area contributed by atoms with Crippen molar-refractivity contribution in [3.63, 3.8) is 0 Å². The number of carbonyl (C=O) groups is 3. The first-order valence-electron chi connectivity index (χ1n) is 6.89. The van der Waals surface area contributed by atoms with Crippen molar-refractivity contribution in [3.8, 4) is 0 Å². The first-order valence-corrected chi connectivity index (χ1v) is 6.89. The molecule has 0 spiro atoms. The Morgan fingerprint density at radius 2 is 1.92 bits per heavy atom. The topological polar surface area (TPSA) is 112 Å². The van der Waals surface area contributed by atoms with E-state index in [1.54, 1.807) is 0 Å². The van der Waals surface area contributed by atoms with Crippen molar-refractivity contribution >= 4 is 17.8 Å². The van der Waals surface area contributed by atoms with Gasteiger partial charge in [-0.15, -0.1) is 0 Å². The van der Waals surface area contributed by atoms with Crippen LogP contribution in [0.25, 0.3) is 0 Å². The van der Waals surface area contributed by atoms with Crippen LogP contribution >= 0.6 is 0 Å². The van der Waals surface area contributed by atoms with E-state index in [2.05, 4.69) is 15.3 Å². The molecule has 11 heteroatoms. The van der Waals surface area contributed by atoms with Crippen LogP contribution in [0.4, 0.5) is 13.2 Å². The van der Waals surface area contributed by atoms with Gasteiger partial charge in [0.25, 0.3) is 5.91 Å². The van der Waals surface area contributed by atoms with Gasteiger partial charge in [0.15, 0.2) is 5.69 Å². The fourth-order valence-electron chi connectivity index (χ4n) is 2.24. The zero-order valence-electron chi connectivity index (χ0n) is 12.2. The van der Waals surface area contributed by atoms with E-state index in [4.69, 9.17) is 5.11 Å². The summed E-state index contributed by atoms with van der Waals surface area (Å²) in [5.41, 5.74) is -0.600. The number of likely N-dealkylation sites (tertiary alicyclic amines) is 1. The molecule has 2 rings (SSSR count). The number of nitrogens with zero attached hydrogens (tertiary/aromatic N) is 3. The molecule has 2 N–H and O–H groups in total. The molecule has 2 heterocycles. The summed E-state index contributed by atoms with van der Waals surface area (Å²) in [5, 5.41) is 11.0. The number of amides is 2. The molecule has 0 radical (unpaired) electrons. The SMILES string of the molecule is O=C(O)c1cnc(C(=O)NC2CCCN(CC(F)(F)F)C2=O)cn1. The Balaban J connectivity index is 2.02. The summed E-state index contributed by atoms with van der Waals surface area (Å²) in [6, 6.07) is -1.09. The quantitative estimate of drug-likeness (QED) is 0.819. The normalized spacial score (nSPS) is 18.4. The highest BCUT2D eigenvalue weighted by Crippen LogP contribution is 2.20. The second kappa shape index (κ2) is 6.81. The van der Waals surface area contributed by atoms with Crippen molar-refractivity contribution < 1.29 is 32.7 Å². The summed E-state index contributed by atoms with van der Waals surface area (Å²) >= 11 is 0. The summed E-state index contributed by atoms with van der Waals surface area (Å²) < 4.78 is 37.3. The number of nitrogens with one attached hydrogen (secondary N) is 1. The van der Waals surface area contributed by atoms with Gasteiger partial charge in [-0.1, -0.05) is 0 Å². The average Bonchev–Trinajstić information content (AvgIpc) is 2.50. The van der Waals surface area contributed by atoms with Gasteiger partial charge in [0.05, 0.1) is 12.4 Å². The molecule has 0 bridgehead atoms. The molecular formula is C13H13F3N4O4. The van der Waals surface area contributed by atoms with Gasteiger partial charge in [0, 0.05) is 6.54 Å². The third kappa shape index (κ3) is 4.40. The fraction of sp³-hybridized carbons (Fsp3) is 0.462. The lowest BCUT2D eigenvalue weighted by Crippen LogP contribution is -2.54. The molecule has 1 unspecified atom stereocenters. The number of aromatic nitrogens is 2. The molecule has 2 amide bonds. The van der Waals surface area contributed by atoms with Crippen LogP contribution in [0.1, 0.15) is 33.8 Å². The number of aromatic carboxylic acids is 1. The lowest BCUT2D eigenvalue weighted by atomic mass is 10.0. The van der Waals surface area contributed by atoms with Gasteiger partial charge in [0.1, 0.15) is 18.3 Å². The Bertz CT molecular complexity index is 648. The largest absolute Gasteiger partial charge is 0.476 e. The van der Waals surface area contributed by atoms with Crippen LogP contribution in [-0.4, -0.2) is 63.1 Å². The molecule has 1 aromatic heterocycles. The van der Waals surface area contributed by atoms with Crippen LogP contribution in [0, 0.1) is 0 Å². The molecule has 1 aromatic rings. The van der Waals surface area contributed by atoms with Gasteiger partial charge >= 0.3 is 12.1 Å². The Hall–Kier alpha value is -2.72. The van der Waals surface area contributed by atoms with E-state index in [9.17, 15) is 27.6 Å². The molecule has 24 heavy (non-hydrogen) atoms. The van der Waals surface area contributed by atoms with E-state index in [1.165, 1.54) is 0 Å². The molecule has 130 valence electrons. The van der Waals surface area contributed by atoms with Crippen LogP contribution in [0.5, 0.6) is 0 Å². The lowest BCUT2D eigenvalue weighted by Gasteiger charge is -2.32. The standard InChI is InChI=1S/C13H13F3N4O4/c14-13(15,16)6-20-3-1-2-7(11(20)22)19-10(21)8-4-18-9(5-17-8)12(23)24/h4-5,7H,1-3,6H2,(H,19,21)(H,23,24). The van der Waals surface area contributed by atoms with Crippen molar-refractivity contribution in [2.45, 2.75) is 25.1 Å². The van der Waals surface area contributed by atoms with Gasteiger partial charge in [-0.25, -0.2) is 14.8 Å². The molecule has 1 aliphatic rings. The highest BCUT2D eigenvalue weighted by Gasteiger charge is 2.37. The molecule has 1 fully saturated rings. The monoisotopic (exact) mass is 346 g/mol. The van der Waals surface area contributed by atoms with Crippen LogP contribution in [0.2, 0.25) is 0 Å². The maximum atomic E-state index is 12.4. The van der Waals surface area contributed by atoms with Crippen LogP contribution in [0.3, 0.4) is 0 Å². The third-order valence-electron chi connectivity index (χ3n) is 3.31. The van der Waals surface area contributed by atoms with E-state index >= 15 is 0 Å². The van der Waals surface area contributed by atoms with Gasteiger partial charge in [0.2, 0.25) is 5.91 Å². The van der Waals surface area contributed by atoms with Crippen LogP contribution in [-0.2, 0) is 4.79 Å². The molecule has 0 saturated carbocycles. The zero-order valence-corrected chi connectivity index (χ0v) is 12.2. The number of rotatable bonds is 4. The van der Waals surface area contributed by atoms with Crippen molar-refractivity contribution in [3.05, 3.63) is 23.8 Å². The van der Waals surface area contributed by atoms with Gasteiger partial charge in [-0.3, -0.25) is 9.59 Å². The highest BCUT2D eigenvalue weighted by molar-refractivity contribution is 5.96. The van der Waals surface area contributed by atoms with Crippen molar-refractivity contribution in [1.82, 2.24) is 20.2 Å². The Kier molecular flexibility index (Phi) is 5.00. The minimum Gasteiger partial charge on any atom is -0.476 e. The summed E-state index contributed by atoms with van der Waals surface area (Å²) in [7, 11) is 0. The van der Waals surface area contributed by atoms with E-state index in [0.29, 0.717) is 11.3 Å². The molecule has 0 aliphatic carbocycles. The second-order valence-corrected chi connectivity index (χ2v) is 5.14. The summed E-state index contributed by atoms with van der Waals surface area (Å²) in [5.74, 6) is -2.95. The maximum absolute atomic E-state index is 12.4. The lowest BCUT2D eigenvalue weighted by molar-refractivity contribution is -0.164. The number of hydrogen-bond acceptors (Lipinski definition) is 5. The number of carboxylic acid groups (broad SMARTS) is 1. The second-order valence-electron chi connectivity index (χ2n) is 5.14. The van der Waals surface area contributed by atoms with E-state index in [1.807, 2.05) is 0 Å². The van der Waals surface area contributed by atoms with Crippen LogP contribution in [0.15, 0.2) is 12.4 Å². The van der Waals surface area contributed by atoms with E-state index < -0.39 is 36.5 Å². The smallest absolute Gasteiger partial charge is 0.406 e. The summed E-state index contributed by atoms with van der Waals surface area (Å²) in [6.07, 6.45) is -2.20. The third-order valence-corrected chi connectivity index (χ3v) is 3.31. The molecule has 8 nitrogen and oxygen atoms in total. The Labute approximate surface area is 133 Å². The molecule has 1 aliphatic heterocycles. The molecular weight excluding hydrogens is 333 g/mol. The Morgan fingerprint density at radius 1 is 1.29 bits per heavy atom. The van der Waals surface area contributed by atoms with Crippen molar-refractivity contribution in [1.29, 1.82) is 0 Å². The molecule has 1 atom stereocenters. The van der Waals surface area contributed by atoms with E-state index in [0.717, 1.165) is 12.4 Å². The average molecular weight is 346 g/mol. The minimum absolute atomic E-state index is 0.0299. The predicted molar refractivity (Wildman–Crippen MR) is 72.1 cm³/mol. The number of carbonyl (C=O) groups excluding carboxylic acids is 2. The number of carboxylic acids is 1. The first kappa shape index (κ1) is 17.6. The zero-order chi connectivity index (χ0) is 17.9. The Morgan fingerprint density at radius 3 is 2.46 bits per heavy atom. The number of alkyl halides is 3. The molecule has 0 aromatic carbocycles. The van der Waals surface area contributed by atoms with Crippen molar-refractivity contribution in [2.75, 3.05) is 13.1 Å². The van der Waals surface area contributed by atoms with Crippen molar-refractivity contribution in [2.24, 2.45) is 0 Å². The van der Waals surface area contributed by atoms with Gasteiger partial charge in [-0.2, -0.15) is 13.2 Å². The minimum atomic E-state index is -4.51. The van der Waals surface area contributed by atoms with Gasteiger partial charge < -0.3 is 15.3 Å². The maximum Gasteiger partial charge on any atom is 0.406 e. The summed E-state index contributed by atoms with van der Waals surface area (Å²) in [6.45, 7) is -1.40. The van der Waals surface area contributed by atoms with E-state index in [-0.39, 0.29) is 24.4 Å². The number of halogens is 3. The van der Waals surface area contributed by atoms with Crippen LogP contribution < -0.4 is 5.32 Å². The van der Waals surface area contributed by atoms with Gasteiger partial charge in [-0.05, 0) is 12.8 Å². The summed E-state index contributed by atoms with van der Waals surface area (Å²) in [4.78, 5) is 42.4. The predicted octanol–water partition coefficient (Wildman–Crippen LogP) is 0.458. The number of piperidine rings is 1. The molecule has 1 saturated heterocycles.